The largest absolute Gasteiger partial charge is 0.363 e. The third-order valence-corrected chi connectivity index (χ3v) is 2.15. The van der Waals surface area contributed by atoms with Crippen LogP contribution in [-0.2, 0) is 6.42 Å². The Morgan fingerprint density at radius 3 is 3.00 bits per heavy atom. The summed E-state index contributed by atoms with van der Waals surface area (Å²) in [6.45, 7) is 5.02. The first-order valence-electron chi connectivity index (χ1n) is 5.20. The number of rotatable bonds is 5. The first kappa shape index (κ1) is 12.0. The predicted molar refractivity (Wildman–Crippen MR) is 65.8 cm³/mol. The van der Waals surface area contributed by atoms with Crippen LogP contribution in [0.15, 0.2) is 12.5 Å². The van der Waals surface area contributed by atoms with Crippen molar-refractivity contribution in [2.75, 3.05) is 6.54 Å². The van der Waals surface area contributed by atoms with Gasteiger partial charge < -0.3 is 15.6 Å². The van der Waals surface area contributed by atoms with E-state index in [-0.39, 0.29) is 0 Å². The van der Waals surface area contributed by atoms with E-state index in [9.17, 15) is 0 Å². The van der Waals surface area contributed by atoms with Crippen LogP contribution in [0.3, 0.4) is 0 Å². The molecule has 0 radical (unpaired) electrons. The Hall–Kier alpha value is -1.10. The summed E-state index contributed by atoms with van der Waals surface area (Å²) in [5, 5.41) is 7.03. The van der Waals surface area contributed by atoms with Gasteiger partial charge in [-0.2, -0.15) is 0 Å². The lowest BCUT2D eigenvalue weighted by atomic mass is 10.2. The van der Waals surface area contributed by atoms with Crippen LogP contribution in [0.2, 0.25) is 0 Å². The molecule has 15 heavy (non-hydrogen) atoms. The van der Waals surface area contributed by atoms with E-state index in [1.54, 1.807) is 6.33 Å². The standard InChI is InChI=1S/C10H18N4S/c1-8(2)14-10(15)12-5-3-4-9-6-11-7-13-9/h6-8H,3-5H2,1-2H3,(H,11,13)(H2,12,14,15). The van der Waals surface area contributed by atoms with Crippen molar-refractivity contribution in [1.82, 2.24) is 20.6 Å². The number of thiocarbonyl (C=S) groups is 1. The van der Waals surface area contributed by atoms with Crippen molar-refractivity contribution in [2.45, 2.75) is 32.7 Å². The molecule has 0 spiro atoms. The molecule has 0 saturated heterocycles. The van der Waals surface area contributed by atoms with Crippen LogP contribution in [0.4, 0.5) is 0 Å². The molecular formula is C10H18N4S. The van der Waals surface area contributed by atoms with Gasteiger partial charge in [-0.15, -0.1) is 0 Å². The summed E-state index contributed by atoms with van der Waals surface area (Å²) in [6.07, 6.45) is 5.60. The third-order valence-electron chi connectivity index (χ3n) is 1.88. The average molecular weight is 226 g/mol. The second kappa shape index (κ2) is 6.40. The van der Waals surface area contributed by atoms with E-state index in [1.807, 2.05) is 6.20 Å². The molecule has 0 amide bonds. The molecule has 0 aliphatic heterocycles. The summed E-state index contributed by atoms with van der Waals surface area (Å²) in [6, 6.07) is 0.387. The first-order valence-corrected chi connectivity index (χ1v) is 5.61. The van der Waals surface area contributed by atoms with Crippen molar-refractivity contribution >= 4 is 17.3 Å². The third kappa shape index (κ3) is 5.37. The molecule has 0 fully saturated rings. The summed E-state index contributed by atoms with van der Waals surface area (Å²) in [5.74, 6) is 0. The van der Waals surface area contributed by atoms with Gasteiger partial charge in [0.25, 0.3) is 0 Å². The molecule has 0 unspecified atom stereocenters. The Labute approximate surface area is 95.9 Å². The summed E-state index contributed by atoms with van der Waals surface area (Å²) < 4.78 is 0. The van der Waals surface area contributed by atoms with Crippen LogP contribution in [0.25, 0.3) is 0 Å². The monoisotopic (exact) mass is 226 g/mol. The maximum absolute atomic E-state index is 5.10. The van der Waals surface area contributed by atoms with Gasteiger partial charge in [0.1, 0.15) is 0 Å². The minimum absolute atomic E-state index is 0.387. The van der Waals surface area contributed by atoms with Crippen LogP contribution in [-0.4, -0.2) is 27.7 Å². The molecule has 1 heterocycles. The van der Waals surface area contributed by atoms with Crippen molar-refractivity contribution in [1.29, 1.82) is 0 Å². The fraction of sp³-hybridized carbons (Fsp3) is 0.600. The SMILES string of the molecule is CC(C)NC(=S)NCCCc1cnc[nH]1. The maximum Gasteiger partial charge on any atom is 0.166 e. The van der Waals surface area contributed by atoms with Gasteiger partial charge in [0.15, 0.2) is 5.11 Å². The van der Waals surface area contributed by atoms with Gasteiger partial charge in [-0.1, -0.05) is 0 Å². The fourth-order valence-electron chi connectivity index (χ4n) is 1.22. The second-order valence-electron chi connectivity index (χ2n) is 3.74. The van der Waals surface area contributed by atoms with Gasteiger partial charge in [0.2, 0.25) is 0 Å². The zero-order valence-electron chi connectivity index (χ0n) is 9.21. The van der Waals surface area contributed by atoms with Crippen LogP contribution >= 0.6 is 12.2 Å². The highest BCUT2D eigenvalue weighted by atomic mass is 32.1. The van der Waals surface area contributed by atoms with Gasteiger partial charge in [-0.05, 0) is 38.9 Å². The lowest BCUT2D eigenvalue weighted by molar-refractivity contribution is 0.696. The fourth-order valence-corrected chi connectivity index (χ4v) is 1.55. The van der Waals surface area contributed by atoms with Crippen molar-refractivity contribution in [2.24, 2.45) is 0 Å². The highest BCUT2D eigenvalue weighted by Crippen LogP contribution is 1.95. The zero-order chi connectivity index (χ0) is 11.1. The number of imidazole rings is 1. The molecule has 5 heteroatoms. The molecule has 3 N–H and O–H groups in total. The number of hydrogen-bond donors (Lipinski definition) is 3. The summed E-state index contributed by atoms with van der Waals surface area (Å²) in [5.41, 5.74) is 1.17. The van der Waals surface area contributed by atoms with E-state index in [2.05, 4.69) is 34.4 Å². The highest BCUT2D eigenvalue weighted by Gasteiger charge is 1.98. The summed E-state index contributed by atoms with van der Waals surface area (Å²) >= 11 is 5.10. The Balaban J connectivity index is 2.04. The minimum atomic E-state index is 0.387. The number of aromatic nitrogens is 2. The normalized spacial score (nSPS) is 10.3. The van der Waals surface area contributed by atoms with Gasteiger partial charge in [-0.3, -0.25) is 0 Å². The van der Waals surface area contributed by atoms with Crippen molar-refractivity contribution in [3.63, 3.8) is 0 Å². The van der Waals surface area contributed by atoms with Crippen LogP contribution in [0.1, 0.15) is 26.0 Å². The molecular weight excluding hydrogens is 208 g/mol. The lowest BCUT2D eigenvalue weighted by Crippen LogP contribution is -2.39. The average Bonchev–Trinajstić information content (AvgIpc) is 2.63. The molecule has 1 aromatic heterocycles. The molecule has 0 aliphatic rings. The van der Waals surface area contributed by atoms with E-state index in [1.165, 1.54) is 5.69 Å². The van der Waals surface area contributed by atoms with E-state index in [4.69, 9.17) is 12.2 Å². The number of hydrogen-bond acceptors (Lipinski definition) is 2. The maximum atomic E-state index is 5.10. The highest BCUT2D eigenvalue weighted by molar-refractivity contribution is 7.80. The Kier molecular flexibility index (Phi) is 5.10. The Morgan fingerprint density at radius 2 is 2.40 bits per heavy atom. The minimum Gasteiger partial charge on any atom is -0.363 e. The zero-order valence-corrected chi connectivity index (χ0v) is 10.0. The second-order valence-corrected chi connectivity index (χ2v) is 4.14. The molecule has 4 nitrogen and oxygen atoms in total. The molecule has 1 aromatic rings. The van der Waals surface area contributed by atoms with Gasteiger partial charge in [0.05, 0.1) is 6.33 Å². The van der Waals surface area contributed by atoms with Crippen molar-refractivity contribution in [3.05, 3.63) is 18.2 Å². The van der Waals surface area contributed by atoms with Gasteiger partial charge >= 0.3 is 0 Å². The predicted octanol–water partition coefficient (Wildman–Crippen LogP) is 1.21. The molecule has 0 atom stereocenters. The summed E-state index contributed by atoms with van der Waals surface area (Å²) in [7, 11) is 0. The smallest absolute Gasteiger partial charge is 0.166 e. The van der Waals surface area contributed by atoms with Crippen molar-refractivity contribution in [3.8, 4) is 0 Å². The van der Waals surface area contributed by atoms with Crippen LogP contribution in [0, 0.1) is 0 Å². The van der Waals surface area contributed by atoms with Crippen LogP contribution < -0.4 is 10.6 Å². The molecule has 0 aliphatic carbocycles. The Morgan fingerprint density at radius 1 is 1.60 bits per heavy atom. The number of aromatic amines is 1. The van der Waals surface area contributed by atoms with E-state index >= 15 is 0 Å². The molecule has 0 saturated carbocycles. The van der Waals surface area contributed by atoms with E-state index in [0.717, 1.165) is 24.5 Å². The van der Waals surface area contributed by atoms with Crippen molar-refractivity contribution < 1.29 is 0 Å². The number of nitrogens with one attached hydrogen (secondary N) is 3. The molecule has 0 aromatic carbocycles. The first-order chi connectivity index (χ1) is 7.18. The molecule has 1 rings (SSSR count). The van der Waals surface area contributed by atoms with E-state index in [0.29, 0.717) is 6.04 Å². The number of H-pyrrole nitrogens is 1. The molecule has 0 bridgehead atoms. The molecule has 84 valence electrons. The van der Waals surface area contributed by atoms with Gasteiger partial charge in [-0.25, -0.2) is 4.98 Å². The Bertz CT molecular complexity index is 282. The summed E-state index contributed by atoms with van der Waals surface area (Å²) in [4.78, 5) is 7.03. The van der Waals surface area contributed by atoms with E-state index < -0.39 is 0 Å². The number of aryl methyl sites for hydroxylation is 1. The van der Waals surface area contributed by atoms with Crippen LogP contribution in [0.5, 0.6) is 0 Å². The topological polar surface area (TPSA) is 52.7 Å². The lowest BCUT2D eigenvalue weighted by Gasteiger charge is -2.12. The number of nitrogens with zero attached hydrogens (tertiary/aromatic N) is 1. The van der Waals surface area contributed by atoms with Gasteiger partial charge in [0, 0.05) is 24.5 Å². The quantitative estimate of drug-likeness (QED) is 0.522.